The molecule has 0 aromatic rings. The number of carbonyl (C=O) groups is 6. The van der Waals surface area contributed by atoms with Gasteiger partial charge in [0.2, 0.25) is 0 Å². The molecular formula is C19H25N3O11. The van der Waals surface area contributed by atoms with E-state index >= 15 is 0 Å². The molecule has 3 fully saturated rings. The van der Waals surface area contributed by atoms with E-state index < -0.39 is 78.1 Å². The summed E-state index contributed by atoms with van der Waals surface area (Å²) in [6, 6.07) is -1.31. The minimum atomic E-state index is -1.71. The van der Waals surface area contributed by atoms with E-state index in [0.717, 1.165) is 4.90 Å². The van der Waals surface area contributed by atoms with Gasteiger partial charge in [-0.25, -0.2) is 4.79 Å². The number of ether oxygens (including phenoxy) is 1. The van der Waals surface area contributed by atoms with Gasteiger partial charge in [-0.2, -0.15) is 0 Å². The molecule has 14 nitrogen and oxygen atoms in total. The molecule has 0 aromatic carbocycles. The molecule has 0 bridgehead atoms. The molecule has 0 saturated carbocycles. The molecule has 3 saturated heterocycles. The lowest BCUT2D eigenvalue weighted by molar-refractivity contribution is -0.198. The van der Waals surface area contributed by atoms with Gasteiger partial charge in [0.25, 0.3) is 11.8 Å². The van der Waals surface area contributed by atoms with Crippen molar-refractivity contribution in [2.24, 2.45) is 5.41 Å². The second kappa shape index (κ2) is 9.03. The van der Waals surface area contributed by atoms with Gasteiger partial charge < -0.3 is 35.1 Å². The number of piperidine rings is 1. The van der Waals surface area contributed by atoms with Crippen molar-refractivity contribution in [1.29, 1.82) is 0 Å². The summed E-state index contributed by atoms with van der Waals surface area (Å²) in [5.74, 6) is -5.07. The highest BCUT2D eigenvalue weighted by atomic mass is 16.7. The summed E-state index contributed by atoms with van der Waals surface area (Å²) in [7, 11) is 0. The van der Waals surface area contributed by atoms with Crippen LogP contribution in [-0.2, 0) is 38.3 Å². The maximum Gasteiger partial charge on any atom is 0.333 e. The van der Waals surface area contributed by atoms with E-state index in [1.165, 1.54) is 13.8 Å². The number of aliphatic hydroxyl groups excluding tert-OH is 3. The van der Waals surface area contributed by atoms with E-state index in [-0.39, 0.29) is 25.7 Å². The molecule has 0 aliphatic carbocycles. The van der Waals surface area contributed by atoms with Gasteiger partial charge in [0.1, 0.15) is 31.1 Å². The topological polar surface area (TPSA) is 200 Å². The summed E-state index contributed by atoms with van der Waals surface area (Å²) in [5, 5.41) is 32.9. The van der Waals surface area contributed by atoms with E-state index in [0.29, 0.717) is 5.06 Å². The fraction of sp³-hybridized carbons (Fsp3) is 0.684. The molecule has 14 heteroatoms. The first-order chi connectivity index (χ1) is 15.3. The second-order valence-electron chi connectivity index (χ2n) is 8.70. The molecule has 3 aliphatic heterocycles. The number of fused-ring (bicyclic) bond motifs is 1. The van der Waals surface area contributed by atoms with Crippen LogP contribution in [0.3, 0.4) is 0 Å². The van der Waals surface area contributed by atoms with Crippen molar-refractivity contribution < 1.29 is 53.7 Å². The first-order valence-corrected chi connectivity index (χ1v) is 10.3. The number of hydrogen-bond donors (Lipinski definition) is 4. The van der Waals surface area contributed by atoms with Crippen LogP contribution in [0.2, 0.25) is 0 Å². The molecule has 3 aliphatic rings. The smallest absolute Gasteiger partial charge is 0.333 e. The maximum atomic E-state index is 12.6. The summed E-state index contributed by atoms with van der Waals surface area (Å²) in [4.78, 5) is 76.9. The van der Waals surface area contributed by atoms with Gasteiger partial charge in [-0.15, -0.1) is 5.06 Å². The average Bonchev–Trinajstić information content (AvgIpc) is 3.23. The lowest BCUT2D eigenvalue weighted by atomic mass is 9.88. The molecular weight excluding hydrogens is 446 g/mol. The van der Waals surface area contributed by atoms with E-state index in [1.54, 1.807) is 0 Å². The van der Waals surface area contributed by atoms with Crippen LogP contribution in [0.25, 0.3) is 0 Å². The van der Waals surface area contributed by atoms with Gasteiger partial charge in [0, 0.05) is 19.3 Å². The molecule has 3 rings (SSSR count). The van der Waals surface area contributed by atoms with Gasteiger partial charge in [0.15, 0.2) is 0 Å². The standard InChI is InChI=1S/C19H25N3O11/c1-19(2,6-5-11(25)33-22-9(23)3-4-10(22)24)18(31)32-7-8-12(26)13(27)14(28)15-20-16(29)17(30)21(8)15/h8,12-15,26-28H,3-7H2,1-2H3,(H,20,29)/t8-,12-,13+,14+,15+/m1/s1. The molecule has 182 valence electrons. The molecule has 3 heterocycles. The number of hydroxylamine groups is 2. The third-order valence-electron chi connectivity index (χ3n) is 5.87. The quantitative estimate of drug-likeness (QED) is 0.165. The summed E-state index contributed by atoms with van der Waals surface area (Å²) >= 11 is 0. The Morgan fingerprint density at radius 1 is 1.03 bits per heavy atom. The number of hydrogen-bond acceptors (Lipinski definition) is 11. The van der Waals surface area contributed by atoms with Crippen LogP contribution in [0.5, 0.6) is 0 Å². The third kappa shape index (κ3) is 4.67. The highest BCUT2D eigenvalue weighted by Crippen LogP contribution is 2.29. The molecule has 0 unspecified atom stereocenters. The summed E-state index contributed by atoms with van der Waals surface area (Å²) in [5.41, 5.74) is -1.25. The fourth-order valence-corrected chi connectivity index (χ4v) is 3.75. The second-order valence-corrected chi connectivity index (χ2v) is 8.70. The zero-order valence-electron chi connectivity index (χ0n) is 17.9. The number of aliphatic hydroxyl groups is 3. The summed E-state index contributed by atoms with van der Waals surface area (Å²) < 4.78 is 5.20. The number of carbonyl (C=O) groups excluding carboxylic acids is 6. The fourth-order valence-electron chi connectivity index (χ4n) is 3.75. The lowest BCUT2D eigenvalue weighted by Crippen LogP contribution is -2.68. The molecule has 0 radical (unpaired) electrons. The molecule has 5 atom stereocenters. The number of esters is 1. The predicted octanol–water partition coefficient (Wildman–Crippen LogP) is -3.31. The zero-order valence-corrected chi connectivity index (χ0v) is 17.9. The van der Waals surface area contributed by atoms with Crippen LogP contribution in [0.1, 0.15) is 39.5 Å². The largest absolute Gasteiger partial charge is 0.463 e. The van der Waals surface area contributed by atoms with Crippen molar-refractivity contribution in [2.45, 2.75) is 70.1 Å². The Kier molecular flexibility index (Phi) is 6.72. The Labute approximate surface area is 187 Å². The Morgan fingerprint density at radius 3 is 2.24 bits per heavy atom. The van der Waals surface area contributed by atoms with Crippen molar-refractivity contribution in [3.05, 3.63) is 0 Å². The molecule has 0 spiro atoms. The normalized spacial score (nSPS) is 29.8. The van der Waals surface area contributed by atoms with E-state index in [4.69, 9.17) is 9.57 Å². The van der Waals surface area contributed by atoms with Crippen LogP contribution in [0, 0.1) is 5.41 Å². The number of nitrogens with zero attached hydrogens (tertiary/aromatic N) is 2. The zero-order chi connectivity index (χ0) is 24.7. The molecule has 0 aromatic heterocycles. The van der Waals surface area contributed by atoms with Gasteiger partial charge >= 0.3 is 23.8 Å². The maximum absolute atomic E-state index is 12.6. The average molecular weight is 471 g/mol. The van der Waals surface area contributed by atoms with Gasteiger partial charge in [-0.05, 0) is 20.3 Å². The van der Waals surface area contributed by atoms with E-state index in [1.807, 2.05) is 0 Å². The first-order valence-electron chi connectivity index (χ1n) is 10.3. The molecule has 4 N–H and O–H groups in total. The van der Waals surface area contributed by atoms with Gasteiger partial charge in [-0.1, -0.05) is 0 Å². The monoisotopic (exact) mass is 471 g/mol. The van der Waals surface area contributed by atoms with Crippen molar-refractivity contribution in [1.82, 2.24) is 15.3 Å². The highest BCUT2D eigenvalue weighted by molar-refractivity contribution is 6.37. The Bertz CT molecular complexity index is 872. The van der Waals surface area contributed by atoms with Crippen molar-refractivity contribution in [3.8, 4) is 0 Å². The van der Waals surface area contributed by atoms with Crippen LogP contribution >= 0.6 is 0 Å². The molecule has 4 amide bonds. The summed E-state index contributed by atoms with van der Waals surface area (Å²) in [6.45, 7) is 2.32. The van der Waals surface area contributed by atoms with Crippen molar-refractivity contribution in [3.63, 3.8) is 0 Å². The van der Waals surface area contributed by atoms with Crippen LogP contribution in [-0.4, -0.2) is 98.0 Å². The SMILES string of the molecule is CC(C)(CCC(=O)ON1C(=O)CCC1=O)C(=O)OC[C@@H]1[C@@H](O)[C@H](O)[C@H](O)[C@H]2NC(=O)C(=O)N12. The minimum Gasteiger partial charge on any atom is -0.463 e. The van der Waals surface area contributed by atoms with Crippen LogP contribution in [0.4, 0.5) is 0 Å². The van der Waals surface area contributed by atoms with Crippen LogP contribution < -0.4 is 5.32 Å². The highest BCUT2D eigenvalue weighted by Gasteiger charge is 2.55. The van der Waals surface area contributed by atoms with Gasteiger partial charge in [0.05, 0.1) is 11.5 Å². The Morgan fingerprint density at radius 2 is 1.64 bits per heavy atom. The predicted molar refractivity (Wildman–Crippen MR) is 102 cm³/mol. The van der Waals surface area contributed by atoms with Crippen LogP contribution in [0.15, 0.2) is 0 Å². The van der Waals surface area contributed by atoms with E-state index in [2.05, 4.69) is 5.32 Å². The number of imide groups is 1. The lowest BCUT2D eigenvalue weighted by Gasteiger charge is -2.44. The van der Waals surface area contributed by atoms with Gasteiger partial charge in [-0.3, -0.25) is 24.0 Å². The Balaban J connectivity index is 1.56. The Hall–Kier alpha value is -3.10. The number of rotatable bonds is 7. The molecule has 33 heavy (non-hydrogen) atoms. The minimum absolute atomic E-state index is 0.0514. The van der Waals surface area contributed by atoms with E-state index in [9.17, 15) is 44.1 Å². The third-order valence-corrected chi connectivity index (χ3v) is 5.87. The summed E-state index contributed by atoms with van der Waals surface area (Å²) in [6.07, 6.45) is -6.84. The first kappa shape index (κ1) is 24.5. The van der Waals surface area contributed by atoms with Crippen molar-refractivity contribution in [2.75, 3.05) is 6.61 Å². The number of nitrogens with one attached hydrogen (secondary N) is 1. The van der Waals surface area contributed by atoms with Crippen molar-refractivity contribution >= 4 is 35.6 Å². The number of amides is 4.